The molecular formula is C11H14ClFO2. The molecule has 4 heteroatoms. The molecule has 0 aromatic heterocycles. The van der Waals surface area contributed by atoms with Crippen molar-refractivity contribution in [2.75, 3.05) is 13.7 Å². The van der Waals surface area contributed by atoms with Gasteiger partial charge < -0.3 is 9.47 Å². The van der Waals surface area contributed by atoms with Gasteiger partial charge in [-0.1, -0.05) is 6.07 Å². The van der Waals surface area contributed by atoms with Gasteiger partial charge in [0.1, 0.15) is 6.61 Å². The molecule has 1 atom stereocenters. The third-order valence-corrected chi connectivity index (χ3v) is 2.34. The lowest BCUT2D eigenvalue weighted by atomic mass is 10.2. The minimum atomic E-state index is -0.392. The van der Waals surface area contributed by atoms with Gasteiger partial charge in [0.15, 0.2) is 11.6 Å². The van der Waals surface area contributed by atoms with Gasteiger partial charge in [-0.05, 0) is 24.6 Å². The third-order valence-electron chi connectivity index (χ3n) is 2.03. The van der Waals surface area contributed by atoms with Crippen LogP contribution in [-0.4, -0.2) is 19.8 Å². The fraction of sp³-hybridized carbons (Fsp3) is 0.455. The van der Waals surface area contributed by atoms with Gasteiger partial charge in [0.2, 0.25) is 0 Å². The molecule has 84 valence electrons. The second kappa shape index (κ2) is 5.93. The van der Waals surface area contributed by atoms with Crippen molar-refractivity contribution in [1.82, 2.24) is 0 Å². The summed E-state index contributed by atoms with van der Waals surface area (Å²) in [5.74, 6) is 0.135. The van der Waals surface area contributed by atoms with Crippen LogP contribution in [0.5, 0.6) is 5.75 Å². The van der Waals surface area contributed by atoms with Gasteiger partial charge in [-0.25, -0.2) is 4.39 Å². The molecule has 0 heterocycles. The van der Waals surface area contributed by atoms with E-state index in [-0.39, 0.29) is 11.9 Å². The Labute approximate surface area is 94.0 Å². The van der Waals surface area contributed by atoms with Gasteiger partial charge in [0.25, 0.3) is 0 Å². The first kappa shape index (κ1) is 12.3. The number of halogens is 2. The molecule has 1 unspecified atom stereocenters. The van der Waals surface area contributed by atoms with Crippen LogP contribution < -0.4 is 4.74 Å². The topological polar surface area (TPSA) is 18.5 Å². The average Bonchev–Trinajstić information content (AvgIpc) is 2.26. The Bertz CT molecular complexity index is 317. The quantitative estimate of drug-likeness (QED) is 0.727. The van der Waals surface area contributed by atoms with Gasteiger partial charge >= 0.3 is 0 Å². The lowest BCUT2D eigenvalue weighted by molar-refractivity contribution is 0.0702. The summed E-state index contributed by atoms with van der Waals surface area (Å²) in [7, 11) is 1.58. The van der Waals surface area contributed by atoms with E-state index in [1.165, 1.54) is 6.07 Å². The molecule has 0 bridgehead atoms. The summed E-state index contributed by atoms with van der Waals surface area (Å²) in [6.07, 6.45) is -0.0582. The molecule has 0 aliphatic carbocycles. The lowest BCUT2D eigenvalue weighted by Gasteiger charge is -2.12. The van der Waals surface area contributed by atoms with Crippen LogP contribution in [0, 0.1) is 5.82 Å². The van der Waals surface area contributed by atoms with E-state index in [0.29, 0.717) is 12.5 Å². The molecule has 0 aliphatic rings. The van der Waals surface area contributed by atoms with E-state index in [0.717, 1.165) is 5.56 Å². The van der Waals surface area contributed by atoms with Crippen molar-refractivity contribution in [2.24, 2.45) is 0 Å². The van der Waals surface area contributed by atoms with Gasteiger partial charge in [-0.2, -0.15) is 0 Å². The third kappa shape index (κ3) is 3.68. The Morgan fingerprint density at radius 1 is 1.47 bits per heavy atom. The highest BCUT2D eigenvalue weighted by Gasteiger charge is 2.06. The molecule has 2 nitrogen and oxygen atoms in total. The average molecular weight is 233 g/mol. The van der Waals surface area contributed by atoms with Crippen molar-refractivity contribution in [3.05, 3.63) is 29.6 Å². The molecule has 0 saturated heterocycles. The van der Waals surface area contributed by atoms with Crippen LogP contribution in [0.25, 0.3) is 0 Å². The Hall–Kier alpha value is -0.800. The van der Waals surface area contributed by atoms with E-state index < -0.39 is 5.82 Å². The zero-order valence-electron chi connectivity index (χ0n) is 8.80. The van der Waals surface area contributed by atoms with Crippen LogP contribution in [0.4, 0.5) is 4.39 Å². The number of hydrogen-bond acceptors (Lipinski definition) is 2. The van der Waals surface area contributed by atoms with E-state index in [9.17, 15) is 4.39 Å². The fourth-order valence-corrected chi connectivity index (χ4v) is 1.19. The molecule has 0 fully saturated rings. The zero-order chi connectivity index (χ0) is 11.3. The molecule has 0 amide bonds. The molecule has 1 aromatic carbocycles. The molecule has 1 rings (SSSR count). The largest absolute Gasteiger partial charge is 0.488 e. The lowest BCUT2D eigenvalue weighted by Crippen LogP contribution is -2.16. The van der Waals surface area contributed by atoms with Crippen LogP contribution in [0.2, 0.25) is 0 Å². The maximum absolute atomic E-state index is 13.4. The number of alkyl halides is 1. The Kier molecular flexibility index (Phi) is 4.85. The van der Waals surface area contributed by atoms with Crippen molar-refractivity contribution in [2.45, 2.75) is 18.9 Å². The predicted octanol–water partition coefficient (Wildman–Crippen LogP) is 2.98. The summed E-state index contributed by atoms with van der Waals surface area (Å²) >= 11 is 5.57. The maximum Gasteiger partial charge on any atom is 0.165 e. The summed E-state index contributed by atoms with van der Waals surface area (Å²) in [6.45, 7) is 2.18. The maximum atomic E-state index is 13.4. The van der Waals surface area contributed by atoms with E-state index in [1.807, 2.05) is 6.92 Å². The molecule has 1 aromatic rings. The Balaban J connectivity index is 2.62. The summed E-state index contributed by atoms with van der Waals surface area (Å²) in [5.41, 5.74) is 0.737. The van der Waals surface area contributed by atoms with Crippen molar-refractivity contribution in [3.8, 4) is 5.75 Å². The smallest absolute Gasteiger partial charge is 0.165 e. The first-order chi connectivity index (χ1) is 7.17. The van der Waals surface area contributed by atoms with Crippen molar-refractivity contribution < 1.29 is 13.9 Å². The first-order valence-electron chi connectivity index (χ1n) is 4.67. The number of methoxy groups -OCH3 is 1. The number of ether oxygens (including phenoxy) is 2. The Morgan fingerprint density at radius 2 is 2.20 bits per heavy atom. The summed E-state index contributed by atoms with van der Waals surface area (Å²) in [6, 6.07) is 4.69. The van der Waals surface area contributed by atoms with Crippen LogP contribution >= 0.6 is 11.6 Å². The first-order valence-corrected chi connectivity index (χ1v) is 5.20. The molecule has 0 N–H and O–H groups in total. The van der Waals surface area contributed by atoms with Crippen LogP contribution in [-0.2, 0) is 10.6 Å². The molecule has 0 spiro atoms. The SMILES string of the molecule is COC(C)COc1ccc(CCl)cc1F. The number of hydrogen-bond donors (Lipinski definition) is 0. The molecule has 0 aliphatic heterocycles. The van der Waals surface area contributed by atoms with Crippen LogP contribution in [0.3, 0.4) is 0 Å². The van der Waals surface area contributed by atoms with Gasteiger partial charge in [0, 0.05) is 13.0 Å². The number of rotatable bonds is 5. The zero-order valence-corrected chi connectivity index (χ0v) is 9.55. The van der Waals surface area contributed by atoms with Gasteiger partial charge in [-0.15, -0.1) is 11.6 Å². The monoisotopic (exact) mass is 232 g/mol. The predicted molar refractivity (Wildman–Crippen MR) is 57.9 cm³/mol. The summed E-state index contributed by atoms with van der Waals surface area (Å²) < 4.78 is 23.6. The molecular weight excluding hydrogens is 219 g/mol. The summed E-state index contributed by atoms with van der Waals surface area (Å²) in [5, 5.41) is 0. The highest BCUT2D eigenvalue weighted by molar-refractivity contribution is 6.17. The van der Waals surface area contributed by atoms with Crippen molar-refractivity contribution >= 4 is 11.6 Å². The minimum absolute atomic E-state index is 0.0582. The minimum Gasteiger partial charge on any atom is -0.488 e. The number of benzene rings is 1. The second-order valence-corrected chi connectivity index (χ2v) is 3.52. The fourth-order valence-electron chi connectivity index (χ4n) is 1.02. The van der Waals surface area contributed by atoms with Crippen molar-refractivity contribution in [3.63, 3.8) is 0 Å². The van der Waals surface area contributed by atoms with E-state index >= 15 is 0 Å². The second-order valence-electron chi connectivity index (χ2n) is 3.26. The van der Waals surface area contributed by atoms with E-state index in [4.69, 9.17) is 21.1 Å². The Morgan fingerprint density at radius 3 is 2.73 bits per heavy atom. The molecule has 0 saturated carbocycles. The van der Waals surface area contributed by atoms with Gasteiger partial charge in [-0.3, -0.25) is 0 Å². The summed E-state index contributed by atoms with van der Waals surface area (Å²) in [4.78, 5) is 0. The molecule has 15 heavy (non-hydrogen) atoms. The highest BCUT2D eigenvalue weighted by Crippen LogP contribution is 2.19. The van der Waals surface area contributed by atoms with Crippen LogP contribution in [0.1, 0.15) is 12.5 Å². The van der Waals surface area contributed by atoms with E-state index in [1.54, 1.807) is 19.2 Å². The van der Waals surface area contributed by atoms with Gasteiger partial charge in [0.05, 0.1) is 6.10 Å². The van der Waals surface area contributed by atoms with Crippen molar-refractivity contribution in [1.29, 1.82) is 0 Å². The standard InChI is InChI=1S/C11H14ClFO2/c1-8(14-2)7-15-11-4-3-9(6-12)5-10(11)13/h3-5,8H,6-7H2,1-2H3. The van der Waals surface area contributed by atoms with Crippen LogP contribution in [0.15, 0.2) is 18.2 Å². The van der Waals surface area contributed by atoms with E-state index in [2.05, 4.69) is 0 Å². The molecule has 0 radical (unpaired) electrons. The highest BCUT2D eigenvalue weighted by atomic mass is 35.5. The normalized spacial score (nSPS) is 12.5.